The number of methoxy groups -OCH3 is 1. The Kier molecular flexibility index (Phi) is 2.69. The summed E-state index contributed by atoms with van der Waals surface area (Å²) >= 11 is 0. The van der Waals surface area contributed by atoms with Crippen molar-refractivity contribution in [1.29, 1.82) is 0 Å². The SMILES string of the molecule is COC(=O)[C@]1(C)OCC[C@@H](C)O1. The first kappa shape index (κ1) is 9.48. The molecule has 0 N–H and O–H groups in total. The van der Waals surface area contributed by atoms with Crippen LogP contribution in [0.2, 0.25) is 0 Å². The van der Waals surface area contributed by atoms with Gasteiger partial charge in [0.1, 0.15) is 0 Å². The van der Waals surface area contributed by atoms with Crippen molar-refractivity contribution in [3.05, 3.63) is 0 Å². The molecule has 4 nitrogen and oxygen atoms in total. The predicted octanol–water partition coefficient (Wildman–Crippen LogP) is 0.701. The smallest absolute Gasteiger partial charge is 0.366 e. The van der Waals surface area contributed by atoms with E-state index in [-0.39, 0.29) is 6.10 Å². The molecule has 1 saturated heterocycles. The minimum Gasteiger partial charge on any atom is -0.465 e. The van der Waals surface area contributed by atoms with Gasteiger partial charge < -0.3 is 14.2 Å². The van der Waals surface area contributed by atoms with Gasteiger partial charge in [0.15, 0.2) is 0 Å². The molecule has 70 valence electrons. The molecule has 4 heteroatoms. The van der Waals surface area contributed by atoms with Crippen LogP contribution >= 0.6 is 0 Å². The molecular weight excluding hydrogens is 160 g/mol. The van der Waals surface area contributed by atoms with Gasteiger partial charge in [0, 0.05) is 6.92 Å². The third-order valence-electron chi connectivity index (χ3n) is 1.88. The topological polar surface area (TPSA) is 44.8 Å². The molecule has 1 heterocycles. The summed E-state index contributed by atoms with van der Waals surface area (Å²) in [5.41, 5.74) is 0. The summed E-state index contributed by atoms with van der Waals surface area (Å²) in [6.45, 7) is 4.02. The minimum absolute atomic E-state index is 0.0443. The van der Waals surface area contributed by atoms with Crippen molar-refractivity contribution in [2.24, 2.45) is 0 Å². The van der Waals surface area contributed by atoms with E-state index < -0.39 is 11.8 Å². The predicted molar refractivity (Wildman–Crippen MR) is 41.5 cm³/mol. The summed E-state index contributed by atoms with van der Waals surface area (Å²) in [7, 11) is 1.32. The molecule has 1 rings (SSSR count). The summed E-state index contributed by atoms with van der Waals surface area (Å²) < 4.78 is 15.1. The molecule has 0 aromatic carbocycles. The van der Waals surface area contributed by atoms with Crippen molar-refractivity contribution in [3.63, 3.8) is 0 Å². The number of carbonyl (C=O) groups is 1. The van der Waals surface area contributed by atoms with Crippen LogP contribution in [-0.2, 0) is 19.0 Å². The number of ether oxygens (including phenoxy) is 3. The molecule has 1 aliphatic rings. The highest BCUT2D eigenvalue weighted by Crippen LogP contribution is 2.23. The van der Waals surface area contributed by atoms with Crippen molar-refractivity contribution >= 4 is 5.97 Å². The van der Waals surface area contributed by atoms with E-state index >= 15 is 0 Å². The monoisotopic (exact) mass is 174 g/mol. The molecule has 0 bridgehead atoms. The van der Waals surface area contributed by atoms with Crippen LogP contribution in [0.1, 0.15) is 20.3 Å². The zero-order valence-electron chi connectivity index (χ0n) is 7.62. The van der Waals surface area contributed by atoms with Gasteiger partial charge in [-0.05, 0) is 13.3 Å². The van der Waals surface area contributed by atoms with Gasteiger partial charge in [-0.3, -0.25) is 0 Å². The minimum atomic E-state index is -1.20. The first-order chi connectivity index (χ1) is 5.58. The lowest BCUT2D eigenvalue weighted by atomic mass is 10.2. The molecule has 1 fully saturated rings. The van der Waals surface area contributed by atoms with Gasteiger partial charge in [-0.2, -0.15) is 0 Å². The molecule has 12 heavy (non-hydrogen) atoms. The van der Waals surface area contributed by atoms with Crippen molar-refractivity contribution < 1.29 is 19.0 Å². The molecule has 0 unspecified atom stereocenters. The normalized spacial score (nSPS) is 36.1. The lowest BCUT2D eigenvalue weighted by molar-refractivity contribution is -0.277. The fourth-order valence-electron chi connectivity index (χ4n) is 1.19. The largest absolute Gasteiger partial charge is 0.465 e. The molecule has 0 saturated carbocycles. The van der Waals surface area contributed by atoms with Crippen molar-refractivity contribution in [2.45, 2.75) is 32.2 Å². The van der Waals surface area contributed by atoms with Gasteiger partial charge in [0.05, 0.1) is 19.8 Å². The Morgan fingerprint density at radius 3 is 2.83 bits per heavy atom. The Morgan fingerprint density at radius 1 is 1.67 bits per heavy atom. The summed E-state index contributed by atoms with van der Waals surface area (Å²) in [5.74, 6) is -1.68. The van der Waals surface area contributed by atoms with Crippen LogP contribution in [0.5, 0.6) is 0 Å². The van der Waals surface area contributed by atoms with E-state index in [1.807, 2.05) is 6.92 Å². The summed E-state index contributed by atoms with van der Waals surface area (Å²) in [6, 6.07) is 0. The molecule has 0 radical (unpaired) electrons. The standard InChI is InChI=1S/C8H14O4/c1-6-4-5-11-8(2,12-6)7(9)10-3/h6H,4-5H2,1-3H3/t6-,8-/m1/s1. The van der Waals surface area contributed by atoms with Crippen LogP contribution in [-0.4, -0.2) is 31.6 Å². The third-order valence-corrected chi connectivity index (χ3v) is 1.88. The van der Waals surface area contributed by atoms with E-state index in [0.29, 0.717) is 6.61 Å². The van der Waals surface area contributed by atoms with Crippen molar-refractivity contribution in [3.8, 4) is 0 Å². The van der Waals surface area contributed by atoms with Gasteiger partial charge in [-0.25, -0.2) is 4.79 Å². The first-order valence-electron chi connectivity index (χ1n) is 3.98. The van der Waals surface area contributed by atoms with Crippen LogP contribution in [0, 0.1) is 0 Å². The number of hydrogen-bond acceptors (Lipinski definition) is 4. The lowest BCUT2D eigenvalue weighted by Crippen LogP contribution is -2.48. The Labute approximate surface area is 71.8 Å². The van der Waals surface area contributed by atoms with E-state index in [0.717, 1.165) is 6.42 Å². The van der Waals surface area contributed by atoms with Crippen LogP contribution in [0.25, 0.3) is 0 Å². The van der Waals surface area contributed by atoms with E-state index in [1.165, 1.54) is 7.11 Å². The number of esters is 1. The van der Waals surface area contributed by atoms with Crippen LogP contribution in [0.3, 0.4) is 0 Å². The Bertz CT molecular complexity index is 180. The molecule has 0 aromatic rings. The number of hydrogen-bond donors (Lipinski definition) is 0. The highest BCUT2D eigenvalue weighted by atomic mass is 16.7. The van der Waals surface area contributed by atoms with E-state index in [2.05, 4.69) is 4.74 Å². The quantitative estimate of drug-likeness (QED) is 0.549. The van der Waals surface area contributed by atoms with E-state index in [1.54, 1.807) is 6.92 Å². The zero-order chi connectivity index (χ0) is 9.19. The van der Waals surface area contributed by atoms with E-state index in [4.69, 9.17) is 9.47 Å². The van der Waals surface area contributed by atoms with Gasteiger partial charge >= 0.3 is 5.97 Å². The number of carbonyl (C=O) groups excluding carboxylic acids is 1. The van der Waals surface area contributed by atoms with Crippen molar-refractivity contribution in [2.75, 3.05) is 13.7 Å². The number of rotatable bonds is 1. The summed E-state index contributed by atoms with van der Waals surface area (Å²) in [4.78, 5) is 11.2. The van der Waals surface area contributed by atoms with Crippen LogP contribution in [0.4, 0.5) is 0 Å². The fourth-order valence-corrected chi connectivity index (χ4v) is 1.19. The molecule has 2 atom stereocenters. The van der Waals surface area contributed by atoms with Gasteiger partial charge in [0.2, 0.25) is 0 Å². The Hall–Kier alpha value is -0.610. The maximum atomic E-state index is 11.2. The van der Waals surface area contributed by atoms with Gasteiger partial charge in [-0.15, -0.1) is 0 Å². The second kappa shape index (κ2) is 3.41. The highest BCUT2D eigenvalue weighted by Gasteiger charge is 2.41. The molecule has 0 spiro atoms. The third kappa shape index (κ3) is 1.76. The van der Waals surface area contributed by atoms with Crippen LogP contribution in [0.15, 0.2) is 0 Å². The van der Waals surface area contributed by atoms with Crippen molar-refractivity contribution in [1.82, 2.24) is 0 Å². The van der Waals surface area contributed by atoms with Gasteiger partial charge in [-0.1, -0.05) is 0 Å². The molecular formula is C8H14O4. The first-order valence-corrected chi connectivity index (χ1v) is 3.98. The Morgan fingerprint density at radius 2 is 2.33 bits per heavy atom. The second-order valence-electron chi connectivity index (χ2n) is 3.00. The van der Waals surface area contributed by atoms with Gasteiger partial charge in [0.25, 0.3) is 5.79 Å². The lowest BCUT2D eigenvalue weighted by Gasteiger charge is -2.34. The average molecular weight is 174 g/mol. The molecule has 0 amide bonds. The maximum absolute atomic E-state index is 11.2. The maximum Gasteiger partial charge on any atom is 0.366 e. The second-order valence-corrected chi connectivity index (χ2v) is 3.00. The highest BCUT2D eigenvalue weighted by molar-refractivity contribution is 5.77. The molecule has 0 aromatic heterocycles. The molecule has 0 aliphatic carbocycles. The average Bonchev–Trinajstić information content (AvgIpc) is 2.02. The van der Waals surface area contributed by atoms with E-state index in [9.17, 15) is 4.79 Å². The molecule has 1 aliphatic heterocycles. The summed E-state index contributed by atoms with van der Waals surface area (Å²) in [5, 5.41) is 0. The summed E-state index contributed by atoms with van der Waals surface area (Å²) in [6.07, 6.45) is 0.856. The zero-order valence-corrected chi connectivity index (χ0v) is 7.62. The fraction of sp³-hybridized carbons (Fsp3) is 0.875. The Balaban J connectivity index is 2.63. The van der Waals surface area contributed by atoms with Crippen LogP contribution < -0.4 is 0 Å².